The minimum Gasteiger partial charge on any atom is -0.465 e. The smallest absolute Gasteiger partial charge is 0.341 e. The fourth-order valence-electron chi connectivity index (χ4n) is 3.46. The van der Waals surface area contributed by atoms with E-state index in [2.05, 4.69) is 30.7 Å². The topological polar surface area (TPSA) is 45.9 Å². The lowest BCUT2D eigenvalue weighted by Gasteiger charge is -2.40. The minimum atomic E-state index is -0.334. The quantitative estimate of drug-likeness (QED) is 0.782. The molecule has 0 saturated carbocycles. The number of methoxy groups -OCH3 is 1. The number of hydrogen-bond donors (Lipinski definition) is 0. The molecular formula is C17H28N2O3. The molecule has 0 amide bonds. The Morgan fingerprint density at radius 1 is 1.55 bits per heavy atom. The Morgan fingerprint density at radius 2 is 2.27 bits per heavy atom. The number of piperidine rings is 1. The maximum absolute atomic E-state index is 11.7. The van der Waals surface area contributed by atoms with E-state index in [1.54, 1.807) is 6.92 Å². The first-order valence-electron chi connectivity index (χ1n) is 8.06. The molecule has 1 saturated heterocycles. The molecule has 2 atom stereocenters. The monoisotopic (exact) mass is 308 g/mol. The van der Waals surface area contributed by atoms with E-state index < -0.39 is 0 Å². The number of rotatable bonds is 5. The molecule has 1 aliphatic heterocycles. The van der Waals surface area contributed by atoms with E-state index in [0.717, 1.165) is 31.9 Å². The fourth-order valence-corrected chi connectivity index (χ4v) is 3.46. The molecule has 1 aromatic rings. The Morgan fingerprint density at radius 3 is 2.86 bits per heavy atom. The summed E-state index contributed by atoms with van der Waals surface area (Å²) in [4.78, 5) is 16.5. The van der Waals surface area contributed by atoms with Crippen molar-refractivity contribution in [2.24, 2.45) is 5.92 Å². The molecule has 0 radical (unpaired) electrons. The molecule has 0 spiro atoms. The van der Waals surface area contributed by atoms with Crippen molar-refractivity contribution < 1.29 is 13.9 Å². The summed E-state index contributed by atoms with van der Waals surface area (Å²) in [5.41, 5.74) is 0.528. The van der Waals surface area contributed by atoms with Crippen LogP contribution in [0.4, 0.5) is 0 Å². The van der Waals surface area contributed by atoms with Crippen LogP contribution in [0.15, 0.2) is 10.5 Å². The number of esters is 1. The number of aryl methyl sites for hydroxylation is 1. The van der Waals surface area contributed by atoms with Gasteiger partial charge >= 0.3 is 5.97 Å². The van der Waals surface area contributed by atoms with Gasteiger partial charge in [0.2, 0.25) is 0 Å². The Kier molecular flexibility index (Phi) is 5.64. The summed E-state index contributed by atoms with van der Waals surface area (Å²) in [6, 6.07) is 2.36. The van der Waals surface area contributed by atoms with Gasteiger partial charge in [-0.1, -0.05) is 13.8 Å². The lowest BCUT2D eigenvalue weighted by atomic mass is 9.92. The first kappa shape index (κ1) is 17.0. The molecule has 0 aromatic carbocycles. The second-order valence-corrected chi connectivity index (χ2v) is 6.32. The van der Waals surface area contributed by atoms with E-state index in [0.29, 0.717) is 23.3 Å². The van der Waals surface area contributed by atoms with Gasteiger partial charge < -0.3 is 14.1 Å². The van der Waals surface area contributed by atoms with Gasteiger partial charge in [0.1, 0.15) is 17.1 Å². The van der Waals surface area contributed by atoms with Crippen molar-refractivity contribution >= 4 is 5.97 Å². The molecular weight excluding hydrogens is 280 g/mol. The average Bonchev–Trinajstić information content (AvgIpc) is 2.86. The fraction of sp³-hybridized carbons (Fsp3) is 0.706. The second kappa shape index (κ2) is 7.29. The Bertz CT molecular complexity index is 512. The summed E-state index contributed by atoms with van der Waals surface area (Å²) in [6.45, 7) is 10.5. The molecule has 0 bridgehead atoms. The van der Waals surface area contributed by atoms with Crippen molar-refractivity contribution in [2.45, 2.75) is 39.8 Å². The van der Waals surface area contributed by atoms with Gasteiger partial charge in [0.05, 0.1) is 13.7 Å². The molecule has 1 aromatic heterocycles. The predicted octanol–water partition coefficient (Wildman–Crippen LogP) is 2.54. The molecule has 22 heavy (non-hydrogen) atoms. The highest BCUT2D eigenvalue weighted by molar-refractivity contribution is 5.90. The molecule has 0 aliphatic carbocycles. The normalized spacial score (nSPS) is 23.0. The number of nitrogens with zero attached hydrogens (tertiary/aromatic N) is 2. The first-order chi connectivity index (χ1) is 10.5. The lowest BCUT2D eigenvalue weighted by Crippen LogP contribution is -2.48. The van der Waals surface area contributed by atoms with Gasteiger partial charge in [-0.25, -0.2) is 4.79 Å². The molecule has 1 aliphatic rings. The highest BCUT2D eigenvalue weighted by atomic mass is 16.5. The Labute approximate surface area is 133 Å². The minimum absolute atomic E-state index is 0.334. The largest absolute Gasteiger partial charge is 0.465 e. The molecule has 2 heterocycles. The van der Waals surface area contributed by atoms with Gasteiger partial charge in [0.15, 0.2) is 0 Å². The van der Waals surface area contributed by atoms with E-state index in [4.69, 9.17) is 9.15 Å². The summed E-state index contributed by atoms with van der Waals surface area (Å²) in [6.07, 6.45) is 1.18. The van der Waals surface area contributed by atoms with Gasteiger partial charge in [0.25, 0.3) is 0 Å². The zero-order chi connectivity index (χ0) is 16.3. The molecule has 2 rings (SSSR count). The highest BCUT2D eigenvalue weighted by Crippen LogP contribution is 2.24. The van der Waals surface area contributed by atoms with E-state index in [-0.39, 0.29) is 5.97 Å². The maximum Gasteiger partial charge on any atom is 0.341 e. The van der Waals surface area contributed by atoms with E-state index in [9.17, 15) is 4.79 Å². The molecule has 5 heteroatoms. The van der Waals surface area contributed by atoms with Crippen LogP contribution in [0.2, 0.25) is 0 Å². The highest BCUT2D eigenvalue weighted by Gasteiger charge is 2.29. The number of carbonyl (C=O) groups is 1. The van der Waals surface area contributed by atoms with Crippen LogP contribution in [0.1, 0.15) is 42.1 Å². The van der Waals surface area contributed by atoms with Crippen molar-refractivity contribution in [3.05, 3.63) is 23.2 Å². The van der Waals surface area contributed by atoms with Crippen LogP contribution in [0.25, 0.3) is 0 Å². The number of likely N-dealkylation sites (tertiary alicyclic amines) is 1. The third kappa shape index (κ3) is 3.70. The molecule has 124 valence electrons. The van der Waals surface area contributed by atoms with Crippen LogP contribution in [0, 0.1) is 12.8 Å². The van der Waals surface area contributed by atoms with Crippen LogP contribution in [-0.4, -0.2) is 55.6 Å². The van der Waals surface area contributed by atoms with Crippen LogP contribution < -0.4 is 0 Å². The maximum atomic E-state index is 11.7. The molecule has 0 unspecified atom stereocenters. The summed E-state index contributed by atoms with van der Waals surface area (Å²) < 4.78 is 10.5. The third-order valence-corrected chi connectivity index (χ3v) is 4.74. The zero-order valence-electron chi connectivity index (χ0n) is 14.4. The van der Waals surface area contributed by atoms with Gasteiger partial charge in [-0.3, -0.25) is 4.90 Å². The van der Waals surface area contributed by atoms with Crippen molar-refractivity contribution in [3.63, 3.8) is 0 Å². The zero-order valence-corrected chi connectivity index (χ0v) is 14.4. The van der Waals surface area contributed by atoms with E-state index in [1.807, 2.05) is 6.07 Å². The number of ether oxygens (including phenoxy) is 1. The Hall–Kier alpha value is -1.33. The summed E-state index contributed by atoms with van der Waals surface area (Å²) in [5, 5.41) is 0. The molecule has 1 fully saturated rings. The SMILES string of the molecule is CCN1CC[C@@H](N(C)Cc2cc(C(=O)OC)c(C)o2)[C@H](C)C1. The average molecular weight is 308 g/mol. The molecule has 0 N–H and O–H groups in total. The number of furan rings is 1. The second-order valence-electron chi connectivity index (χ2n) is 6.32. The van der Waals surface area contributed by atoms with Crippen molar-refractivity contribution in [1.82, 2.24) is 9.80 Å². The predicted molar refractivity (Wildman–Crippen MR) is 85.9 cm³/mol. The van der Waals surface area contributed by atoms with Crippen molar-refractivity contribution in [2.75, 3.05) is 33.8 Å². The van der Waals surface area contributed by atoms with Crippen LogP contribution in [-0.2, 0) is 11.3 Å². The van der Waals surface area contributed by atoms with Crippen molar-refractivity contribution in [3.8, 4) is 0 Å². The number of hydrogen-bond acceptors (Lipinski definition) is 5. The Balaban J connectivity index is 2.00. The van der Waals surface area contributed by atoms with Gasteiger partial charge in [-0.2, -0.15) is 0 Å². The van der Waals surface area contributed by atoms with Crippen LogP contribution >= 0.6 is 0 Å². The number of carbonyl (C=O) groups excluding carboxylic acids is 1. The summed E-state index contributed by atoms with van der Waals surface area (Å²) in [5.74, 6) is 1.75. The van der Waals surface area contributed by atoms with Gasteiger partial charge in [-0.05, 0) is 45.5 Å². The lowest BCUT2D eigenvalue weighted by molar-refractivity contribution is 0.0599. The van der Waals surface area contributed by atoms with E-state index in [1.165, 1.54) is 13.5 Å². The van der Waals surface area contributed by atoms with Crippen LogP contribution in [0.5, 0.6) is 0 Å². The first-order valence-corrected chi connectivity index (χ1v) is 8.06. The van der Waals surface area contributed by atoms with Gasteiger partial charge in [0, 0.05) is 12.6 Å². The van der Waals surface area contributed by atoms with E-state index >= 15 is 0 Å². The van der Waals surface area contributed by atoms with Gasteiger partial charge in [-0.15, -0.1) is 0 Å². The standard InChI is InChI=1S/C17H28N2O3/c1-6-19-8-7-16(12(2)10-19)18(4)11-14-9-15(13(3)22-14)17(20)21-5/h9,12,16H,6-8,10-11H2,1-5H3/t12-,16-/m1/s1. The summed E-state index contributed by atoms with van der Waals surface area (Å²) >= 11 is 0. The van der Waals surface area contributed by atoms with Crippen LogP contribution in [0.3, 0.4) is 0 Å². The molecule has 5 nitrogen and oxygen atoms in total. The van der Waals surface area contributed by atoms with Crippen molar-refractivity contribution in [1.29, 1.82) is 0 Å². The summed E-state index contributed by atoms with van der Waals surface area (Å²) in [7, 11) is 3.53. The third-order valence-electron chi connectivity index (χ3n) is 4.74.